The highest BCUT2D eigenvalue weighted by molar-refractivity contribution is 8.00. The molecule has 1 N–H and O–H groups in total. The highest BCUT2D eigenvalue weighted by Gasteiger charge is 2.14. The molecule has 0 bridgehead atoms. The van der Waals surface area contributed by atoms with Crippen LogP contribution in [0.4, 0.5) is 4.39 Å². The van der Waals surface area contributed by atoms with Gasteiger partial charge in [0.1, 0.15) is 28.3 Å². The number of halogens is 1. The molecule has 1 aromatic carbocycles. The van der Waals surface area contributed by atoms with Gasteiger partial charge in [-0.3, -0.25) is 4.79 Å². The van der Waals surface area contributed by atoms with Crippen LogP contribution in [-0.4, -0.2) is 21.6 Å². The largest absolute Gasteiger partial charge is 0.349 e. The van der Waals surface area contributed by atoms with Crippen molar-refractivity contribution in [3.63, 3.8) is 0 Å². The fourth-order valence-electron chi connectivity index (χ4n) is 2.17. The molecule has 24 heavy (non-hydrogen) atoms. The Balaban J connectivity index is 1.99. The smallest absolute Gasteiger partial charge is 0.230 e. The number of benzene rings is 1. The molecule has 0 aliphatic rings. The molecule has 0 fully saturated rings. The summed E-state index contributed by atoms with van der Waals surface area (Å²) in [7, 11) is 0. The topological polar surface area (TPSA) is 78.7 Å². The van der Waals surface area contributed by atoms with Gasteiger partial charge in [-0.2, -0.15) is 5.26 Å². The highest BCUT2D eigenvalue weighted by atomic mass is 32.2. The van der Waals surface area contributed by atoms with Crippen molar-refractivity contribution in [2.45, 2.75) is 31.8 Å². The van der Waals surface area contributed by atoms with E-state index in [9.17, 15) is 14.4 Å². The number of carbonyl (C=O) groups is 1. The SMILES string of the molecule is Cc1nc(C)c(C#N)c(SCC(=O)NC(C)c2ccc(F)cc2)n1. The Hall–Kier alpha value is -2.46. The number of hydrogen-bond donors (Lipinski definition) is 1. The lowest BCUT2D eigenvalue weighted by Crippen LogP contribution is -2.28. The summed E-state index contributed by atoms with van der Waals surface area (Å²) >= 11 is 1.20. The van der Waals surface area contributed by atoms with Gasteiger partial charge >= 0.3 is 0 Å². The van der Waals surface area contributed by atoms with E-state index in [0.717, 1.165) is 5.56 Å². The van der Waals surface area contributed by atoms with Gasteiger partial charge in [0.2, 0.25) is 5.91 Å². The number of nitrogens with one attached hydrogen (secondary N) is 1. The van der Waals surface area contributed by atoms with Gasteiger partial charge in [0.25, 0.3) is 0 Å². The van der Waals surface area contributed by atoms with Crippen molar-refractivity contribution in [3.05, 3.63) is 52.7 Å². The Labute approximate surface area is 144 Å². The molecule has 2 rings (SSSR count). The second kappa shape index (κ2) is 7.88. The van der Waals surface area contributed by atoms with Crippen molar-refractivity contribution in [3.8, 4) is 6.07 Å². The third-order valence-corrected chi connectivity index (χ3v) is 4.34. The molecular formula is C17H17FN4OS. The molecule has 1 heterocycles. The number of thioether (sulfide) groups is 1. The minimum atomic E-state index is -0.314. The number of aromatic nitrogens is 2. The minimum absolute atomic E-state index is 0.135. The van der Waals surface area contributed by atoms with Crippen LogP contribution in [0.15, 0.2) is 29.3 Å². The molecule has 124 valence electrons. The lowest BCUT2D eigenvalue weighted by atomic mass is 10.1. The summed E-state index contributed by atoms with van der Waals surface area (Å²) in [4.78, 5) is 20.5. The summed E-state index contributed by atoms with van der Waals surface area (Å²) in [5.74, 6) is 0.200. The van der Waals surface area contributed by atoms with Crippen molar-refractivity contribution in [2.24, 2.45) is 0 Å². The Morgan fingerprint density at radius 2 is 2.00 bits per heavy atom. The van der Waals surface area contributed by atoms with Gasteiger partial charge in [-0.1, -0.05) is 23.9 Å². The van der Waals surface area contributed by atoms with Crippen LogP contribution < -0.4 is 5.32 Å². The molecule has 0 spiro atoms. The average molecular weight is 344 g/mol. The second-order valence-electron chi connectivity index (χ2n) is 5.28. The zero-order valence-corrected chi connectivity index (χ0v) is 14.4. The van der Waals surface area contributed by atoms with E-state index in [2.05, 4.69) is 21.4 Å². The number of carbonyl (C=O) groups excluding carboxylic acids is 1. The van der Waals surface area contributed by atoms with Crippen molar-refractivity contribution in [1.82, 2.24) is 15.3 Å². The summed E-state index contributed by atoms with van der Waals surface area (Å²) in [6, 6.07) is 7.83. The predicted molar refractivity (Wildman–Crippen MR) is 89.9 cm³/mol. The van der Waals surface area contributed by atoms with Gasteiger partial charge in [0.15, 0.2) is 0 Å². The molecule has 0 saturated heterocycles. The van der Waals surface area contributed by atoms with Crippen molar-refractivity contribution < 1.29 is 9.18 Å². The number of rotatable bonds is 5. The summed E-state index contributed by atoms with van der Waals surface area (Å²) in [6.45, 7) is 5.32. The maximum Gasteiger partial charge on any atom is 0.230 e. The predicted octanol–water partition coefficient (Wildman–Crippen LogP) is 3.07. The van der Waals surface area contributed by atoms with Crippen LogP contribution >= 0.6 is 11.8 Å². The quantitative estimate of drug-likeness (QED) is 0.666. The van der Waals surface area contributed by atoms with Crippen LogP contribution in [0.5, 0.6) is 0 Å². The average Bonchev–Trinajstić information content (AvgIpc) is 2.53. The molecule has 1 amide bonds. The second-order valence-corrected chi connectivity index (χ2v) is 6.24. The van der Waals surface area contributed by atoms with Crippen LogP contribution in [0, 0.1) is 31.0 Å². The molecule has 0 saturated carbocycles. The molecule has 5 nitrogen and oxygen atoms in total. The molecule has 0 aliphatic carbocycles. The van der Waals surface area contributed by atoms with E-state index in [1.807, 2.05) is 6.92 Å². The van der Waals surface area contributed by atoms with Crippen molar-refractivity contribution in [1.29, 1.82) is 5.26 Å². The number of nitrogens with zero attached hydrogens (tertiary/aromatic N) is 3. The van der Waals surface area contributed by atoms with Crippen LogP contribution in [0.2, 0.25) is 0 Å². The van der Waals surface area contributed by atoms with Crippen LogP contribution in [0.25, 0.3) is 0 Å². The van der Waals surface area contributed by atoms with Gasteiger partial charge < -0.3 is 5.32 Å². The monoisotopic (exact) mass is 344 g/mol. The molecule has 7 heteroatoms. The number of hydrogen-bond acceptors (Lipinski definition) is 5. The van der Waals surface area contributed by atoms with E-state index in [0.29, 0.717) is 22.1 Å². The summed E-state index contributed by atoms with van der Waals surface area (Å²) in [5, 5.41) is 12.5. The summed E-state index contributed by atoms with van der Waals surface area (Å²) in [5.41, 5.74) is 1.82. The van der Waals surface area contributed by atoms with Crippen molar-refractivity contribution in [2.75, 3.05) is 5.75 Å². The van der Waals surface area contributed by atoms with Crippen LogP contribution in [0.3, 0.4) is 0 Å². The number of aryl methyl sites for hydroxylation is 2. The normalized spacial score (nSPS) is 11.6. The fraction of sp³-hybridized carbons (Fsp3) is 0.294. The van der Waals surface area contributed by atoms with Gasteiger partial charge in [0, 0.05) is 0 Å². The molecular weight excluding hydrogens is 327 g/mol. The molecule has 2 aromatic rings. The lowest BCUT2D eigenvalue weighted by Gasteiger charge is -2.14. The first-order valence-electron chi connectivity index (χ1n) is 7.33. The van der Waals surface area contributed by atoms with E-state index < -0.39 is 0 Å². The lowest BCUT2D eigenvalue weighted by molar-refractivity contribution is -0.119. The minimum Gasteiger partial charge on any atom is -0.349 e. The first-order chi connectivity index (χ1) is 11.4. The highest BCUT2D eigenvalue weighted by Crippen LogP contribution is 2.22. The molecule has 0 radical (unpaired) electrons. The number of amides is 1. The molecule has 1 atom stereocenters. The van der Waals surface area contributed by atoms with Crippen LogP contribution in [0.1, 0.15) is 35.6 Å². The standard InChI is InChI=1S/C17H17FN4OS/c1-10(13-4-6-14(18)7-5-13)21-16(23)9-24-17-15(8-19)11(2)20-12(3)22-17/h4-7,10H,9H2,1-3H3,(H,21,23). The molecule has 0 aliphatic heterocycles. The Kier molecular flexibility index (Phi) is 5.88. The molecule has 1 aromatic heterocycles. The van der Waals surface area contributed by atoms with Gasteiger partial charge in [-0.15, -0.1) is 0 Å². The number of nitriles is 1. The first-order valence-corrected chi connectivity index (χ1v) is 8.32. The maximum atomic E-state index is 12.9. The van der Waals surface area contributed by atoms with Gasteiger partial charge in [-0.25, -0.2) is 14.4 Å². The van der Waals surface area contributed by atoms with E-state index in [1.165, 1.54) is 23.9 Å². The summed E-state index contributed by atoms with van der Waals surface area (Å²) in [6.07, 6.45) is 0. The summed E-state index contributed by atoms with van der Waals surface area (Å²) < 4.78 is 12.9. The Morgan fingerprint density at radius 3 is 2.62 bits per heavy atom. The Morgan fingerprint density at radius 1 is 1.33 bits per heavy atom. The van der Waals surface area contributed by atoms with E-state index in [4.69, 9.17) is 0 Å². The van der Waals surface area contributed by atoms with Gasteiger partial charge in [0.05, 0.1) is 17.5 Å². The van der Waals surface area contributed by atoms with E-state index in [1.54, 1.807) is 26.0 Å². The van der Waals surface area contributed by atoms with E-state index >= 15 is 0 Å². The van der Waals surface area contributed by atoms with Crippen LogP contribution in [-0.2, 0) is 4.79 Å². The zero-order chi connectivity index (χ0) is 17.7. The third kappa shape index (κ3) is 4.52. The fourth-order valence-corrected chi connectivity index (χ4v) is 3.05. The maximum absolute atomic E-state index is 12.9. The molecule has 1 unspecified atom stereocenters. The van der Waals surface area contributed by atoms with Crippen molar-refractivity contribution >= 4 is 17.7 Å². The first kappa shape index (κ1) is 17.9. The Bertz CT molecular complexity index is 786. The van der Waals surface area contributed by atoms with Gasteiger partial charge in [-0.05, 0) is 38.5 Å². The third-order valence-electron chi connectivity index (χ3n) is 3.37. The van der Waals surface area contributed by atoms with E-state index in [-0.39, 0.29) is 23.5 Å². The zero-order valence-electron chi connectivity index (χ0n) is 13.6.